The Morgan fingerprint density at radius 3 is 2.59 bits per heavy atom. The number of nitrogens with zero attached hydrogens (tertiary/aromatic N) is 1. The molecule has 0 unspecified atom stereocenters. The fraction of sp³-hybridized carbons (Fsp3) is 0.150. The molecule has 2 amide bonds. The zero-order valence-corrected chi connectivity index (χ0v) is 18.0. The summed E-state index contributed by atoms with van der Waals surface area (Å²) in [4.78, 5) is 26.9. The highest BCUT2D eigenvalue weighted by Gasteiger charge is 2.35. The van der Waals surface area contributed by atoms with Crippen LogP contribution in [0.25, 0.3) is 6.08 Å². The van der Waals surface area contributed by atoms with Crippen LogP contribution in [0.1, 0.15) is 16.7 Å². The van der Waals surface area contributed by atoms with Gasteiger partial charge in [-0.15, -0.1) is 0 Å². The van der Waals surface area contributed by atoms with Gasteiger partial charge in [-0.05, 0) is 89.6 Å². The highest BCUT2D eigenvalue weighted by molar-refractivity contribution is 14.1. The van der Waals surface area contributed by atoms with Crippen molar-refractivity contribution in [2.75, 3.05) is 12.0 Å². The van der Waals surface area contributed by atoms with Crippen molar-refractivity contribution in [1.82, 2.24) is 5.32 Å². The molecule has 0 spiro atoms. The number of nitrogens with one attached hydrogen (secondary N) is 1. The van der Waals surface area contributed by atoms with Crippen LogP contribution >= 0.6 is 34.8 Å². The van der Waals surface area contributed by atoms with Crippen LogP contribution in [-0.2, 0) is 9.59 Å². The van der Waals surface area contributed by atoms with Crippen LogP contribution in [0, 0.1) is 17.4 Å². The maximum atomic E-state index is 13.1. The number of benzene rings is 2. The Bertz CT molecular complexity index is 1000. The number of carbonyl (C=O) groups excluding carboxylic acids is 2. The first-order valence-electron chi connectivity index (χ1n) is 8.14. The summed E-state index contributed by atoms with van der Waals surface area (Å²) in [5.41, 5.74) is 3.40. The van der Waals surface area contributed by atoms with Crippen molar-refractivity contribution in [2.45, 2.75) is 13.8 Å². The van der Waals surface area contributed by atoms with E-state index in [1.165, 1.54) is 4.90 Å². The second-order valence-electron chi connectivity index (χ2n) is 6.07. The summed E-state index contributed by atoms with van der Waals surface area (Å²) >= 11 is 7.41. The van der Waals surface area contributed by atoms with Gasteiger partial charge in [0.25, 0.3) is 11.8 Å². The van der Waals surface area contributed by atoms with Crippen molar-refractivity contribution in [3.63, 3.8) is 0 Å². The lowest BCUT2D eigenvalue weighted by molar-refractivity contribution is -0.122. The molecule has 0 aliphatic carbocycles. The van der Waals surface area contributed by atoms with Gasteiger partial charge < -0.3 is 4.74 Å². The van der Waals surface area contributed by atoms with Crippen molar-refractivity contribution in [3.05, 3.63) is 62.2 Å². The molecule has 1 saturated heterocycles. The number of ether oxygens (including phenoxy) is 1. The van der Waals surface area contributed by atoms with E-state index in [4.69, 9.17) is 17.0 Å². The Morgan fingerprint density at radius 1 is 1.19 bits per heavy atom. The quantitative estimate of drug-likeness (QED) is 0.307. The lowest BCUT2D eigenvalue weighted by Crippen LogP contribution is -2.54. The van der Waals surface area contributed by atoms with E-state index >= 15 is 0 Å². The van der Waals surface area contributed by atoms with Gasteiger partial charge in [-0.1, -0.05) is 18.2 Å². The first-order valence-corrected chi connectivity index (χ1v) is 9.63. The van der Waals surface area contributed by atoms with E-state index < -0.39 is 11.8 Å². The average Bonchev–Trinajstić information content (AvgIpc) is 2.62. The third-order valence-electron chi connectivity index (χ3n) is 4.41. The molecule has 1 aliphatic rings. The minimum Gasteiger partial charge on any atom is -0.496 e. The molecular weight excluding hydrogens is 475 g/mol. The molecular formula is C20H17IN2O3S. The number of aryl methyl sites for hydroxylation is 1. The molecule has 1 aliphatic heterocycles. The maximum Gasteiger partial charge on any atom is 0.270 e. The second kappa shape index (κ2) is 7.77. The van der Waals surface area contributed by atoms with Crippen LogP contribution in [0.5, 0.6) is 5.75 Å². The topological polar surface area (TPSA) is 58.6 Å². The summed E-state index contributed by atoms with van der Waals surface area (Å²) in [5.74, 6) is -0.212. The zero-order valence-electron chi connectivity index (χ0n) is 15.0. The minimum atomic E-state index is -0.502. The monoisotopic (exact) mass is 492 g/mol. The van der Waals surface area contributed by atoms with Crippen molar-refractivity contribution in [2.24, 2.45) is 0 Å². The largest absolute Gasteiger partial charge is 0.496 e. The highest BCUT2D eigenvalue weighted by Crippen LogP contribution is 2.28. The molecule has 5 nitrogen and oxygen atoms in total. The number of halogens is 1. The van der Waals surface area contributed by atoms with E-state index in [0.29, 0.717) is 5.69 Å². The van der Waals surface area contributed by atoms with Gasteiger partial charge in [0.2, 0.25) is 0 Å². The predicted octanol–water partition coefficient (Wildman–Crippen LogP) is 3.75. The van der Waals surface area contributed by atoms with Crippen LogP contribution in [0.3, 0.4) is 0 Å². The van der Waals surface area contributed by atoms with E-state index in [-0.39, 0.29) is 10.7 Å². The number of rotatable bonds is 3. The smallest absolute Gasteiger partial charge is 0.270 e. The van der Waals surface area contributed by atoms with Crippen LogP contribution in [0.2, 0.25) is 0 Å². The molecule has 138 valence electrons. The van der Waals surface area contributed by atoms with Gasteiger partial charge in [-0.25, -0.2) is 0 Å². The Kier molecular flexibility index (Phi) is 5.61. The van der Waals surface area contributed by atoms with E-state index in [1.54, 1.807) is 25.3 Å². The van der Waals surface area contributed by atoms with Crippen LogP contribution in [-0.4, -0.2) is 24.0 Å². The first-order chi connectivity index (χ1) is 12.8. The molecule has 7 heteroatoms. The van der Waals surface area contributed by atoms with Gasteiger partial charge in [0.15, 0.2) is 5.11 Å². The number of hydrogen-bond acceptors (Lipinski definition) is 4. The van der Waals surface area contributed by atoms with E-state index in [9.17, 15) is 9.59 Å². The normalized spacial score (nSPS) is 15.9. The van der Waals surface area contributed by atoms with Crippen LogP contribution in [0.15, 0.2) is 42.0 Å². The summed E-state index contributed by atoms with van der Waals surface area (Å²) in [6, 6.07) is 11.1. The third-order valence-corrected chi connectivity index (χ3v) is 5.53. The molecule has 0 aromatic heterocycles. The van der Waals surface area contributed by atoms with Crippen LogP contribution in [0.4, 0.5) is 5.69 Å². The number of carbonyl (C=O) groups is 2. The Morgan fingerprint density at radius 2 is 1.93 bits per heavy atom. The minimum absolute atomic E-state index is 0.0328. The number of thiocarbonyl (C=S) groups is 1. The first kappa shape index (κ1) is 19.5. The Hall–Kier alpha value is -2.26. The average molecular weight is 492 g/mol. The number of hydrogen-bond donors (Lipinski definition) is 1. The van der Waals surface area contributed by atoms with Gasteiger partial charge >= 0.3 is 0 Å². The standard InChI is InChI=1S/C20H17IN2O3S/c1-11-5-4-6-16(12(11)2)23-19(25)14(18(24)22-20(23)27)9-13-7-8-17(26-3)15(21)10-13/h4-10H,1-3H3,(H,22,24,27)/b14-9+. The molecule has 0 atom stereocenters. The molecule has 1 heterocycles. The summed E-state index contributed by atoms with van der Waals surface area (Å²) in [5, 5.41) is 2.70. The number of methoxy groups -OCH3 is 1. The summed E-state index contributed by atoms with van der Waals surface area (Å²) in [6.45, 7) is 3.89. The van der Waals surface area contributed by atoms with E-state index in [0.717, 1.165) is 26.0 Å². The fourth-order valence-corrected chi connectivity index (χ4v) is 3.83. The highest BCUT2D eigenvalue weighted by atomic mass is 127. The molecule has 2 aromatic carbocycles. The summed E-state index contributed by atoms with van der Waals surface area (Å²) in [7, 11) is 1.59. The molecule has 1 fully saturated rings. The Labute approximate surface area is 176 Å². The molecule has 0 saturated carbocycles. The van der Waals surface area contributed by atoms with Gasteiger partial charge in [-0.2, -0.15) is 0 Å². The summed E-state index contributed by atoms with van der Waals surface area (Å²) in [6.07, 6.45) is 1.57. The lowest BCUT2D eigenvalue weighted by Gasteiger charge is -2.30. The van der Waals surface area contributed by atoms with Crippen LogP contribution < -0.4 is 15.0 Å². The van der Waals surface area contributed by atoms with Crippen molar-refractivity contribution in [1.29, 1.82) is 0 Å². The van der Waals surface area contributed by atoms with Crippen molar-refractivity contribution >= 4 is 63.5 Å². The van der Waals surface area contributed by atoms with Gasteiger partial charge in [-0.3, -0.25) is 19.8 Å². The SMILES string of the molecule is COc1ccc(/C=C2\C(=O)NC(=S)N(c3cccc(C)c3C)C2=O)cc1I. The third kappa shape index (κ3) is 3.74. The Balaban J connectivity index is 2.05. The van der Waals surface area contributed by atoms with Gasteiger partial charge in [0.05, 0.1) is 16.4 Å². The van der Waals surface area contributed by atoms with Gasteiger partial charge in [0.1, 0.15) is 11.3 Å². The molecule has 3 rings (SSSR count). The molecule has 0 radical (unpaired) electrons. The predicted molar refractivity (Wildman–Crippen MR) is 118 cm³/mol. The molecule has 27 heavy (non-hydrogen) atoms. The molecule has 0 bridgehead atoms. The lowest BCUT2D eigenvalue weighted by atomic mass is 10.0. The van der Waals surface area contributed by atoms with E-state index in [1.807, 2.05) is 38.1 Å². The van der Waals surface area contributed by atoms with Crippen molar-refractivity contribution in [3.8, 4) is 5.75 Å². The zero-order chi connectivity index (χ0) is 19.7. The number of anilines is 1. The van der Waals surface area contributed by atoms with E-state index in [2.05, 4.69) is 27.9 Å². The van der Waals surface area contributed by atoms with Crippen molar-refractivity contribution < 1.29 is 14.3 Å². The van der Waals surface area contributed by atoms with Gasteiger partial charge in [0, 0.05) is 0 Å². The molecule has 2 aromatic rings. The number of amides is 2. The molecule has 1 N–H and O–H groups in total. The maximum absolute atomic E-state index is 13.1. The second-order valence-corrected chi connectivity index (χ2v) is 7.62. The summed E-state index contributed by atoms with van der Waals surface area (Å²) < 4.78 is 6.13. The fourth-order valence-electron chi connectivity index (χ4n) is 2.79.